The second kappa shape index (κ2) is 11.2. The molecule has 0 aromatic carbocycles. The first-order valence-electron chi connectivity index (χ1n) is 4.39. The van der Waals surface area contributed by atoms with Gasteiger partial charge in [-0.2, -0.15) is 0 Å². The molecular formula is C8H15Mg2NO8. The van der Waals surface area contributed by atoms with E-state index in [4.69, 9.17) is 20.4 Å². The van der Waals surface area contributed by atoms with Crippen LogP contribution < -0.4 is 5.32 Å². The van der Waals surface area contributed by atoms with Crippen molar-refractivity contribution >= 4 is 70.0 Å². The van der Waals surface area contributed by atoms with Gasteiger partial charge in [-0.3, -0.25) is 24.5 Å². The van der Waals surface area contributed by atoms with Gasteiger partial charge in [-0.25, -0.2) is 0 Å². The van der Waals surface area contributed by atoms with Crippen molar-refractivity contribution in [3.05, 3.63) is 0 Å². The van der Waals surface area contributed by atoms with Crippen LogP contribution in [-0.2, 0) is 19.2 Å². The van der Waals surface area contributed by atoms with Crippen LogP contribution in [0.5, 0.6) is 0 Å². The second-order valence-corrected chi connectivity index (χ2v) is 3.14. The smallest absolute Gasteiger partial charge is 1.00 e. The maximum absolute atomic E-state index is 10.6. The van der Waals surface area contributed by atoms with Crippen LogP contribution in [0.25, 0.3) is 0 Å². The molecule has 0 saturated heterocycles. The maximum Gasteiger partial charge on any atom is 2.00 e. The van der Waals surface area contributed by atoms with E-state index in [1.54, 1.807) is 0 Å². The topological polar surface area (TPSA) is 161 Å². The van der Waals surface area contributed by atoms with E-state index in [2.05, 4.69) is 0 Å². The van der Waals surface area contributed by atoms with Gasteiger partial charge in [0.25, 0.3) is 0 Å². The van der Waals surface area contributed by atoms with Crippen molar-refractivity contribution in [3.8, 4) is 0 Å². The van der Waals surface area contributed by atoms with Gasteiger partial charge in [-0.15, -0.1) is 0 Å². The molecule has 0 aromatic rings. The number of carbonyl (C=O) groups is 4. The number of carboxylic acid groups (broad SMARTS) is 4. The van der Waals surface area contributed by atoms with E-state index in [1.807, 2.05) is 5.32 Å². The minimum Gasteiger partial charge on any atom is -1.00 e. The molecular weight excluding hydrogens is 287 g/mol. The molecule has 0 saturated carbocycles. The predicted molar refractivity (Wildman–Crippen MR) is 66.4 cm³/mol. The largest absolute Gasteiger partial charge is 2.00 e. The van der Waals surface area contributed by atoms with Gasteiger partial charge in [-0.1, -0.05) is 0 Å². The fraction of sp³-hybridized carbons (Fsp3) is 0.500. The van der Waals surface area contributed by atoms with E-state index in [9.17, 15) is 19.2 Å². The molecule has 19 heavy (non-hydrogen) atoms. The van der Waals surface area contributed by atoms with E-state index in [0.717, 1.165) is 0 Å². The second-order valence-electron chi connectivity index (χ2n) is 3.14. The summed E-state index contributed by atoms with van der Waals surface area (Å²) in [5.74, 6) is -6.01. The Hall–Kier alpha value is -0.628. The molecule has 9 nitrogen and oxygen atoms in total. The van der Waals surface area contributed by atoms with Gasteiger partial charge < -0.3 is 26.1 Å². The van der Waals surface area contributed by atoms with Crippen molar-refractivity contribution in [2.75, 3.05) is 0 Å². The van der Waals surface area contributed by atoms with E-state index in [-0.39, 0.29) is 51.8 Å². The molecule has 0 rings (SSSR count). The third-order valence-corrected chi connectivity index (χ3v) is 1.76. The number of nitrogens with one attached hydrogen (secondary N) is 1. The molecule has 0 spiro atoms. The van der Waals surface area contributed by atoms with E-state index in [0.29, 0.717) is 0 Å². The van der Waals surface area contributed by atoms with Crippen LogP contribution >= 0.6 is 0 Å². The number of hydrogen-bond donors (Lipinski definition) is 5. The summed E-state index contributed by atoms with van der Waals surface area (Å²) in [6.07, 6.45) is -1.70. The van der Waals surface area contributed by atoms with Gasteiger partial charge in [0.15, 0.2) is 0 Å². The molecule has 0 bridgehead atoms. The molecule has 0 aliphatic heterocycles. The normalized spacial score (nSPS) is 12.2. The van der Waals surface area contributed by atoms with Crippen LogP contribution in [0.3, 0.4) is 0 Å². The van der Waals surface area contributed by atoms with Crippen molar-refractivity contribution in [3.63, 3.8) is 0 Å². The van der Waals surface area contributed by atoms with Crippen molar-refractivity contribution in [2.45, 2.75) is 24.9 Å². The van der Waals surface area contributed by atoms with E-state index >= 15 is 0 Å². The molecule has 0 aliphatic carbocycles. The van der Waals surface area contributed by atoms with Gasteiger partial charge in [0.2, 0.25) is 0 Å². The Bertz CT molecular complexity index is 331. The average Bonchev–Trinajstić information content (AvgIpc) is 2.13. The van der Waals surface area contributed by atoms with E-state index in [1.165, 1.54) is 0 Å². The Morgan fingerprint density at radius 3 is 1.21 bits per heavy atom. The van der Waals surface area contributed by atoms with Gasteiger partial charge in [0.1, 0.15) is 12.1 Å². The van der Waals surface area contributed by atoms with Crippen LogP contribution in [-0.4, -0.2) is 102 Å². The quantitative estimate of drug-likeness (QED) is 0.323. The zero-order valence-corrected chi connectivity index (χ0v) is 12.7. The molecule has 0 amide bonds. The van der Waals surface area contributed by atoms with Gasteiger partial charge in [-0.05, 0) is 0 Å². The fourth-order valence-corrected chi connectivity index (χ4v) is 1.03. The third kappa shape index (κ3) is 10.9. The fourth-order valence-electron chi connectivity index (χ4n) is 1.03. The summed E-state index contributed by atoms with van der Waals surface area (Å²) in [4.78, 5) is 41.9. The first-order chi connectivity index (χ1) is 7.73. The van der Waals surface area contributed by atoms with Crippen LogP contribution in [0.1, 0.15) is 18.5 Å². The van der Waals surface area contributed by atoms with Crippen molar-refractivity contribution < 1.29 is 45.3 Å². The van der Waals surface area contributed by atoms with Crippen molar-refractivity contribution in [1.29, 1.82) is 0 Å². The van der Waals surface area contributed by atoms with Crippen LogP contribution in [0, 0.1) is 0 Å². The molecule has 0 fully saturated rings. The summed E-state index contributed by atoms with van der Waals surface area (Å²) in [6, 6.07) is -3.32. The van der Waals surface area contributed by atoms with Crippen LogP contribution in [0.15, 0.2) is 0 Å². The summed E-state index contributed by atoms with van der Waals surface area (Å²) >= 11 is 0. The van der Waals surface area contributed by atoms with Crippen LogP contribution in [0.4, 0.5) is 0 Å². The Balaban J connectivity index is -0.0000000853. The molecule has 0 heterocycles. The van der Waals surface area contributed by atoms with E-state index < -0.39 is 48.8 Å². The summed E-state index contributed by atoms with van der Waals surface area (Å²) in [5, 5.41) is 36.0. The standard InChI is InChI=1S/C8H11NO8.2Mg.4H/c10-5(11)1-3(7(14)15)9-4(8(16)17)2-6(12)13;;;;;;/h3-4,9H,1-2H2,(H,10,11)(H,12,13)(H,14,15)(H,16,17);;;;;;/q;2*+2;4*-1. The number of carboxylic acids is 4. The summed E-state index contributed by atoms with van der Waals surface area (Å²) < 4.78 is 0. The Morgan fingerprint density at radius 1 is 0.789 bits per heavy atom. The molecule has 5 N–H and O–H groups in total. The summed E-state index contributed by atoms with van der Waals surface area (Å²) in [6.45, 7) is 0. The predicted octanol–water partition coefficient (Wildman–Crippen LogP) is -1.88. The van der Waals surface area contributed by atoms with Crippen molar-refractivity contribution in [1.82, 2.24) is 5.32 Å². The monoisotopic (exact) mass is 301 g/mol. The number of aliphatic carboxylic acids is 4. The van der Waals surface area contributed by atoms with Crippen molar-refractivity contribution in [2.24, 2.45) is 0 Å². The van der Waals surface area contributed by atoms with Gasteiger partial charge >= 0.3 is 70.0 Å². The number of hydrogen-bond acceptors (Lipinski definition) is 5. The molecule has 0 aromatic heterocycles. The first kappa shape index (κ1) is 23.5. The van der Waals surface area contributed by atoms with Gasteiger partial charge in [0.05, 0.1) is 12.8 Å². The molecule has 104 valence electrons. The molecule has 0 aliphatic rings. The first-order valence-corrected chi connectivity index (χ1v) is 4.39. The summed E-state index contributed by atoms with van der Waals surface area (Å²) in [5.41, 5.74) is 0. The Labute approximate surface area is 145 Å². The summed E-state index contributed by atoms with van der Waals surface area (Å²) in [7, 11) is 0. The minimum atomic E-state index is -1.66. The molecule has 2 atom stereocenters. The zero-order chi connectivity index (χ0) is 13.6. The maximum atomic E-state index is 10.6. The third-order valence-electron chi connectivity index (χ3n) is 1.76. The Kier molecular flexibility index (Phi) is 13.9. The molecule has 0 radical (unpaired) electrons. The molecule has 2 unspecified atom stereocenters. The minimum absolute atomic E-state index is 0. The average molecular weight is 302 g/mol. The Morgan fingerprint density at radius 2 is 1.05 bits per heavy atom. The number of rotatable bonds is 8. The van der Waals surface area contributed by atoms with Gasteiger partial charge in [0, 0.05) is 0 Å². The molecule has 11 heteroatoms. The SMILES string of the molecule is O=C(O)CC(NC(CC(=O)O)C(=O)O)C(=O)O.[H-].[H-].[H-].[H-].[Mg+2].[Mg+2]. The van der Waals surface area contributed by atoms with Crippen LogP contribution in [0.2, 0.25) is 0 Å². The zero-order valence-electron chi connectivity index (χ0n) is 13.9.